The van der Waals surface area contributed by atoms with Crippen molar-refractivity contribution < 1.29 is 19.2 Å². The topological polar surface area (TPSA) is 102 Å². The van der Waals surface area contributed by atoms with Crippen LogP contribution in [0.25, 0.3) is 0 Å². The van der Waals surface area contributed by atoms with Gasteiger partial charge in [0.2, 0.25) is 11.8 Å². The zero-order chi connectivity index (χ0) is 20.4. The maximum absolute atomic E-state index is 12.7. The number of carbonyl (C=O) groups is 2. The van der Waals surface area contributed by atoms with E-state index in [1.54, 1.807) is 4.90 Å². The van der Waals surface area contributed by atoms with Gasteiger partial charge in [-0.2, -0.15) is 0 Å². The summed E-state index contributed by atoms with van der Waals surface area (Å²) in [4.78, 5) is 37.5. The predicted molar refractivity (Wildman–Crippen MR) is 105 cm³/mol. The van der Waals surface area contributed by atoms with Crippen molar-refractivity contribution in [2.45, 2.75) is 20.3 Å². The summed E-state index contributed by atoms with van der Waals surface area (Å²) < 4.78 is 5.08. The molecule has 28 heavy (non-hydrogen) atoms. The number of methoxy groups -OCH3 is 1. The largest absolute Gasteiger partial charge is 0.497 e. The standard InChI is InChI=1S/C20H21N3O5/c1-12-4-5-13(2)18(8-12)22-11-14(9-19(22)24)20(25)21-16-10-15(28-3)6-7-17(16)23(26)27/h4-8,10,14H,9,11H2,1-3H3,(H,21,25)/t14-/m0/s1. The van der Waals surface area contributed by atoms with Gasteiger partial charge in [0, 0.05) is 30.8 Å². The molecular weight excluding hydrogens is 362 g/mol. The van der Waals surface area contributed by atoms with Crippen LogP contribution in [0.5, 0.6) is 5.75 Å². The van der Waals surface area contributed by atoms with Crippen LogP contribution in [-0.2, 0) is 9.59 Å². The van der Waals surface area contributed by atoms with E-state index in [2.05, 4.69) is 5.32 Å². The van der Waals surface area contributed by atoms with E-state index < -0.39 is 16.7 Å². The minimum Gasteiger partial charge on any atom is -0.497 e. The normalized spacial score (nSPS) is 16.2. The molecule has 0 saturated carbocycles. The van der Waals surface area contributed by atoms with Crippen molar-refractivity contribution in [3.05, 3.63) is 57.6 Å². The Bertz CT molecular complexity index is 957. The van der Waals surface area contributed by atoms with Crippen LogP contribution >= 0.6 is 0 Å². The van der Waals surface area contributed by atoms with Gasteiger partial charge in [-0.3, -0.25) is 19.7 Å². The van der Waals surface area contributed by atoms with Crippen molar-refractivity contribution in [2.24, 2.45) is 5.92 Å². The average Bonchev–Trinajstić information content (AvgIpc) is 3.05. The number of ether oxygens (including phenoxy) is 1. The molecule has 0 bridgehead atoms. The lowest BCUT2D eigenvalue weighted by molar-refractivity contribution is -0.383. The molecule has 1 atom stereocenters. The van der Waals surface area contributed by atoms with E-state index >= 15 is 0 Å². The molecule has 2 amide bonds. The van der Waals surface area contributed by atoms with Crippen molar-refractivity contribution in [3.63, 3.8) is 0 Å². The number of nitro benzene ring substituents is 1. The van der Waals surface area contributed by atoms with E-state index in [1.807, 2.05) is 32.0 Å². The second kappa shape index (κ2) is 7.67. The van der Waals surface area contributed by atoms with E-state index in [0.717, 1.165) is 16.8 Å². The highest BCUT2D eigenvalue weighted by Gasteiger charge is 2.36. The summed E-state index contributed by atoms with van der Waals surface area (Å²) in [5.41, 5.74) is 2.57. The first kappa shape index (κ1) is 19.3. The fraction of sp³-hybridized carbons (Fsp3) is 0.300. The van der Waals surface area contributed by atoms with E-state index in [9.17, 15) is 19.7 Å². The zero-order valence-corrected chi connectivity index (χ0v) is 15.9. The number of nitro groups is 1. The van der Waals surface area contributed by atoms with Crippen molar-refractivity contribution in [2.75, 3.05) is 23.9 Å². The average molecular weight is 383 g/mol. The van der Waals surface area contributed by atoms with Crippen molar-refractivity contribution in [1.82, 2.24) is 0 Å². The highest BCUT2D eigenvalue weighted by atomic mass is 16.6. The van der Waals surface area contributed by atoms with Crippen molar-refractivity contribution >= 4 is 28.9 Å². The monoisotopic (exact) mass is 383 g/mol. The number of carbonyl (C=O) groups excluding carboxylic acids is 2. The quantitative estimate of drug-likeness (QED) is 0.631. The van der Waals surface area contributed by atoms with Crippen LogP contribution in [0, 0.1) is 29.9 Å². The van der Waals surface area contributed by atoms with Gasteiger partial charge in [-0.15, -0.1) is 0 Å². The predicted octanol–water partition coefficient (Wildman–Crippen LogP) is 3.21. The zero-order valence-electron chi connectivity index (χ0n) is 15.9. The van der Waals surface area contributed by atoms with E-state index in [0.29, 0.717) is 5.75 Å². The van der Waals surface area contributed by atoms with E-state index in [1.165, 1.54) is 25.3 Å². The molecule has 1 fully saturated rings. The smallest absolute Gasteiger partial charge is 0.293 e. The van der Waals surface area contributed by atoms with Crippen LogP contribution in [0.2, 0.25) is 0 Å². The van der Waals surface area contributed by atoms with Gasteiger partial charge in [0.05, 0.1) is 18.0 Å². The number of nitrogens with zero attached hydrogens (tertiary/aromatic N) is 2. The number of anilines is 2. The van der Waals surface area contributed by atoms with Gasteiger partial charge in [-0.25, -0.2) is 0 Å². The number of hydrogen-bond acceptors (Lipinski definition) is 5. The Balaban J connectivity index is 1.80. The number of hydrogen-bond donors (Lipinski definition) is 1. The Labute approximate surface area is 162 Å². The molecular formula is C20H21N3O5. The third-order valence-corrected chi connectivity index (χ3v) is 4.81. The van der Waals surface area contributed by atoms with Crippen LogP contribution in [0.4, 0.5) is 17.1 Å². The van der Waals surface area contributed by atoms with Gasteiger partial charge in [-0.05, 0) is 37.1 Å². The second-order valence-electron chi connectivity index (χ2n) is 6.82. The molecule has 0 unspecified atom stereocenters. The second-order valence-corrected chi connectivity index (χ2v) is 6.82. The van der Waals surface area contributed by atoms with E-state index in [-0.39, 0.29) is 30.2 Å². The molecule has 146 valence electrons. The molecule has 2 aromatic rings. The lowest BCUT2D eigenvalue weighted by Gasteiger charge is -2.19. The molecule has 1 aliphatic heterocycles. The highest BCUT2D eigenvalue weighted by Crippen LogP contribution is 2.32. The first-order valence-corrected chi connectivity index (χ1v) is 8.81. The number of rotatable bonds is 5. The lowest BCUT2D eigenvalue weighted by atomic mass is 10.1. The minimum absolute atomic E-state index is 0.0481. The summed E-state index contributed by atoms with van der Waals surface area (Å²) in [7, 11) is 1.43. The van der Waals surface area contributed by atoms with Crippen molar-refractivity contribution in [3.8, 4) is 5.75 Å². The third-order valence-electron chi connectivity index (χ3n) is 4.81. The molecule has 1 N–H and O–H groups in total. The fourth-order valence-electron chi connectivity index (χ4n) is 3.26. The first-order chi connectivity index (χ1) is 13.3. The summed E-state index contributed by atoms with van der Waals surface area (Å²) in [6, 6.07) is 9.94. The third kappa shape index (κ3) is 3.80. The maximum Gasteiger partial charge on any atom is 0.293 e. The molecule has 0 radical (unpaired) electrons. The molecule has 0 spiro atoms. The Hall–Kier alpha value is -3.42. The van der Waals surface area contributed by atoms with Crippen LogP contribution in [0.1, 0.15) is 17.5 Å². The molecule has 1 aliphatic rings. The molecule has 0 aromatic heterocycles. The number of benzene rings is 2. The van der Waals surface area contributed by atoms with Gasteiger partial charge in [-0.1, -0.05) is 12.1 Å². The van der Waals surface area contributed by atoms with Crippen LogP contribution < -0.4 is 15.0 Å². The highest BCUT2D eigenvalue weighted by molar-refractivity contribution is 6.04. The Morgan fingerprint density at radius 2 is 2.00 bits per heavy atom. The number of aryl methyl sites for hydroxylation is 2. The minimum atomic E-state index is -0.599. The number of nitrogens with one attached hydrogen (secondary N) is 1. The molecule has 2 aromatic carbocycles. The molecule has 1 saturated heterocycles. The first-order valence-electron chi connectivity index (χ1n) is 8.81. The summed E-state index contributed by atoms with van der Waals surface area (Å²) in [6.07, 6.45) is 0.0526. The summed E-state index contributed by atoms with van der Waals surface area (Å²) in [5.74, 6) is -0.787. The number of amides is 2. The van der Waals surface area contributed by atoms with Crippen LogP contribution in [-0.4, -0.2) is 30.4 Å². The summed E-state index contributed by atoms with van der Waals surface area (Å²) >= 11 is 0. The fourth-order valence-corrected chi connectivity index (χ4v) is 3.26. The summed E-state index contributed by atoms with van der Waals surface area (Å²) in [6.45, 7) is 4.08. The SMILES string of the molecule is COc1ccc([N+](=O)[O-])c(NC(=O)[C@H]2CC(=O)N(c3cc(C)ccc3C)C2)c1. The molecule has 0 aliphatic carbocycles. The molecule has 8 nitrogen and oxygen atoms in total. The lowest BCUT2D eigenvalue weighted by Crippen LogP contribution is -2.28. The maximum atomic E-state index is 12.7. The Kier molecular flexibility index (Phi) is 5.30. The van der Waals surface area contributed by atoms with Gasteiger partial charge >= 0.3 is 0 Å². The molecule has 1 heterocycles. The van der Waals surface area contributed by atoms with Crippen LogP contribution in [0.3, 0.4) is 0 Å². The Morgan fingerprint density at radius 1 is 1.25 bits per heavy atom. The van der Waals surface area contributed by atoms with Gasteiger partial charge in [0.1, 0.15) is 11.4 Å². The van der Waals surface area contributed by atoms with Gasteiger partial charge in [0.25, 0.3) is 5.69 Å². The summed E-state index contributed by atoms with van der Waals surface area (Å²) in [5, 5.41) is 13.8. The molecule has 8 heteroatoms. The van der Waals surface area contributed by atoms with Crippen LogP contribution in [0.15, 0.2) is 36.4 Å². The molecule has 3 rings (SSSR count). The Morgan fingerprint density at radius 3 is 2.68 bits per heavy atom. The van der Waals surface area contributed by atoms with Crippen molar-refractivity contribution in [1.29, 1.82) is 0 Å². The van der Waals surface area contributed by atoms with Gasteiger partial charge in [0.15, 0.2) is 0 Å². The van der Waals surface area contributed by atoms with Gasteiger partial charge < -0.3 is 15.0 Å². The van der Waals surface area contributed by atoms with E-state index in [4.69, 9.17) is 4.74 Å².